The predicted octanol–water partition coefficient (Wildman–Crippen LogP) is 4.74. The molecule has 2 heterocycles. The first kappa shape index (κ1) is 21.8. The number of methoxy groups -OCH3 is 1. The molecule has 5 rings (SSSR count). The van der Waals surface area contributed by atoms with Crippen LogP contribution in [0.15, 0.2) is 87.8 Å². The molecule has 0 saturated heterocycles. The number of aromatic nitrogens is 3. The highest BCUT2D eigenvalue weighted by Gasteiger charge is 2.11. The van der Waals surface area contributed by atoms with Gasteiger partial charge in [0.1, 0.15) is 10.4 Å². The fourth-order valence-corrected chi connectivity index (χ4v) is 4.34. The molecular formula is C25H18ClN5O2S. The van der Waals surface area contributed by atoms with Crippen LogP contribution in [0.4, 0.5) is 5.69 Å². The fraction of sp³-hybridized carbons (Fsp3) is 0.0400. The van der Waals surface area contributed by atoms with Crippen molar-refractivity contribution < 1.29 is 4.74 Å². The van der Waals surface area contributed by atoms with Crippen LogP contribution in [0.1, 0.15) is 11.4 Å². The average molecular weight is 488 g/mol. The largest absolute Gasteiger partial charge is 0.497 e. The summed E-state index contributed by atoms with van der Waals surface area (Å²) in [5, 5.41) is 9.41. The minimum atomic E-state index is -0.217. The number of aromatic amines is 2. The number of para-hydroxylation sites is 2. The molecule has 0 unspecified atom stereocenters. The topological polar surface area (TPSA) is 95.5 Å². The molecule has 0 bridgehead atoms. The van der Waals surface area contributed by atoms with Gasteiger partial charge in [-0.25, -0.2) is 4.98 Å². The molecule has 0 spiro atoms. The monoisotopic (exact) mass is 487 g/mol. The number of thiazole rings is 1. The van der Waals surface area contributed by atoms with Crippen molar-refractivity contribution in [2.75, 3.05) is 7.11 Å². The summed E-state index contributed by atoms with van der Waals surface area (Å²) in [6.07, 6.45) is 1.82. The lowest BCUT2D eigenvalue weighted by molar-refractivity contribution is 0.415. The smallest absolute Gasteiger partial charge is 0.266 e. The van der Waals surface area contributed by atoms with Gasteiger partial charge in [0.15, 0.2) is 11.5 Å². The molecular weight excluding hydrogens is 470 g/mol. The minimum Gasteiger partial charge on any atom is -0.497 e. The van der Waals surface area contributed by atoms with Crippen molar-refractivity contribution in [3.63, 3.8) is 0 Å². The van der Waals surface area contributed by atoms with Gasteiger partial charge in [0.2, 0.25) is 0 Å². The van der Waals surface area contributed by atoms with E-state index in [9.17, 15) is 4.79 Å². The molecule has 0 amide bonds. The Labute approximate surface area is 202 Å². The maximum Gasteiger partial charge on any atom is 0.266 e. The first-order valence-electron chi connectivity index (χ1n) is 10.3. The Kier molecular flexibility index (Phi) is 6.07. The summed E-state index contributed by atoms with van der Waals surface area (Å²) in [6, 6.07) is 22.2. The second-order valence-electron chi connectivity index (χ2n) is 7.29. The van der Waals surface area contributed by atoms with Crippen LogP contribution in [0.3, 0.4) is 0 Å². The van der Waals surface area contributed by atoms with E-state index >= 15 is 0 Å². The summed E-state index contributed by atoms with van der Waals surface area (Å²) < 4.78 is 6.28. The molecule has 9 heteroatoms. The van der Waals surface area contributed by atoms with Gasteiger partial charge in [-0.1, -0.05) is 35.9 Å². The van der Waals surface area contributed by atoms with Crippen LogP contribution in [-0.2, 0) is 0 Å². The third-order valence-corrected chi connectivity index (χ3v) is 6.27. The molecule has 0 saturated carbocycles. The van der Waals surface area contributed by atoms with Crippen molar-refractivity contribution in [2.24, 2.45) is 10.2 Å². The third-order valence-electron chi connectivity index (χ3n) is 5.00. The first-order chi connectivity index (χ1) is 16.6. The molecule has 0 aliphatic carbocycles. The lowest BCUT2D eigenvalue weighted by atomic mass is 10.2. The molecule has 0 aliphatic rings. The lowest BCUT2D eigenvalue weighted by Crippen LogP contribution is -2.20. The van der Waals surface area contributed by atoms with Crippen molar-refractivity contribution in [1.29, 1.82) is 0 Å². The van der Waals surface area contributed by atoms with E-state index < -0.39 is 0 Å². The number of hydrogen-bond donors (Lipinski definition) is 2. The summed E-state index contributed by atoms with van der Waals surface area (Å²) >= 11 is 7.26. The van der Waals surface area contributed by atoms with E-state index in [0.717, 1.165) is 22.3 Å². The van der Waals surface area contributed by atoms with Crippen molar-refractivity contribution in [3.8, 4) is 5.75 Å². The van der Waals surface area contributed by atoms with Gasteiger partial charge in [-0.3, -0.25) is 4.79 Å². The van der Waals surface area contributed by atoms with Gasteiger partial charge in [-0.05, 0) is 60.2 Å². The SMILES string of the molecule is COc1ccc(/C=c2/s/c(=C(/N=Nc3ccc(Cl)cc3)c3nc4ccccc4[nH]3)[nH]c2=O)cc1. The summed E-state index contributed by atoms with van der Waals surface area (Å²) in [4.78, 5) is 23.6. The molecule has 2 N–H and O–H groups in total. The summed E-state index contributed by atoms with van der Waals surface area (Å²) in [7, 11) is 1.61. The van der Waals surface area contributed by atoms with Crippen LogP contribution >= 0.6 is 22.9 Å². The number of halogens is 1. The summed E-state index contributed by atoms with van der Waals surface area (Å²) in [6.45, 7) is 0. The standard InChI is InChI=1S/C25H18ClN5O2S/c1-33-18-12-6-15(7-13-18)14-21-24(32)29-25(34-21)22(31-30-17-10-8-16(26)9-11-17)23-27-19-4-2-3-5-20(19)28-23/h2-14H,1H3,(H,27,28)(H,29,32)/b21-14+,25-22+,31-30?. The number of benzene rings is 3. The molecule has 168 valence electrons. The third kappa shape index (κ3) is 4.68. The Bertz CT molecular complexity index is 1630. The highest BCUT2D eigenvalue weighted by molar-refractivity contribution is 7.07. The van der Waals surface area contributed by atoms with Crippen molar-refractivity contribution >= 4 is 51.4 Å². The zero-order chi connectivity index (χ0) is 23.5. The Morgan fingerprint density at radius 2 is 1.79 bits per heavy atom. The number of fused-ring (bicyclic) bond motifs is 1. The van der Waals surface area contributed by atoms with E-state index in [4.69, 9.17) is 16.3 Å². The van der Waals surface area contributed by atoms with E-state index in [0.29, 0.717) is 31.4 Å². The average Bonchev–Trinajstić information content (AvgIpc) is 3.44. The van der Waals surface area contributed by atoms with Crippen LogP contribution in [0, 0.1) is 0 Å². The molecule has 3 aromatic carbocycles. The van der Waals surface area contributed by atoms with E-state index in [1.165, 1.54) is 11.3 Å². The van der Waals surface area contributed by atoms with Crippen molar-refractivity contribution in [3.05, 3.63) is 109 Å². The Hall–Kier alpha value is -4.01. The van der Waals surface area contributed by atoms with Crippen LogP contribution < -0.4 is 19.5 Å². The number of nitrogens with one attached hydrogen (secondary N) is 2. The Balaban J connectivity index is 1.66. The minimum absolute atomic E-state index is 0.217. The number of imidazole rings is 1. The second-order valence-corrected chi connectivity index (χ2v) is 8.78. The Morgan fingerprint density at radius 1 is 1.03 bits per heavy atom. The fourth-order valence-electron chi connectivity index (χ4n) is 3.28. The maximum atomic E-state index is 12.8. The quantitative estimate of drug-likeness (QED) is 0.350. The van der Waals surface area contributed by atoms with Crippen LogP contribution in [-0.4, -0.2) is 22.1 Å². The van der Waals surface area contributed by atoms with Gasteiger partial charge in [0, 0.05) is 5.02 Å². The first-order valence-corrected chi connectivity index (χ1v) is 11.5. The normalized spacial score (nSPS) is 13.1. The second kappa shape index (κ2) is 9.46. The zero-order valence-corrected chi connectivity index (χ0v) is 19.5. The maximum absolute atomic E-state index is 12.8. The van der Waals surface area contributed by atoms with Crippen molar-refractivity contribution in [2.45, 2.75) is 0 Å². The zero-order valence-electron chi connectivity index (χ0n) is 17.9. The molecule has 0 aliphatic heterocycles. The molecule has 5 aromatic rings. The van der Waals surface area contributed by atoms with E-state index in [-0.39, 0.29) is 5.56 Å². The van der Waals surface area contributed by atoms with Crippen molar-refractivity contribution in [1.82, 2.24) is 15.0 Å². The molecule has 0 atom stereocenters. The lowest BCUT2D eigenvalue weighted by Gasteiger charge is -1.98. The molecule has 0 radical (unpaired) electrons. The molecule has 0 fully saturated rings. The number of rotatable bonds is 5. The van der Waals surface area contributed by atoms with Gasteiger partial charge in [0.25, 0.3) is 5.56 Å². The van der Waals surface area contributed by atoms with Gasteiger partial charge >= 0.3 is 0 Å². The van der Waals surface area contributed by atoms with Gasteiger partial charge in [0.05, 0.1) is 28.4 Å². The number of H-pyrrole nitrogens is 2. The summed E-state index contributed by atoms with van der Waals surface area (Å²) in [5.41, 5.74) is 3.38. The predicted molar refractivity (Wildman–Crippen MR) is 135 cm³/mol. The van der Waals surface area contributed by atoms with Crippen LogP contribution in [0.25, 0.3) is 22.8 Å². The van der Waals surface area contributed by atoms with E-state index in [2.05, 4.69) is 25.2 Å². The van der Waals surface area contributed by atoms with Crippen LogP contribution in [0.5, 0.6) is 5.75 Å². The van der Waals surface area contributed by atoms with Crippen LogP contribution in [0.2, 0.25) is 5.02 Å². The molecule has 2 aromatic heterocycles. The highest BCUT2D eigenvalue weighted by atomic mass is 35.5. The Morgan fingerprint density at radius 3 is 2.53 bits per heavy atom. The molecule has 7 nitrogen and oxygen atoms in total. The number of azo groups is 1. The summed E-state index contributed by atoms with van der Waals surface area (Å²) in [5.74, 6) is 1.26. The van der Waals surface area contributed by atoms with Gasteiger partial charge in [-0.15, -0.1) is 16.5 Å². The van der Waals surface area contributed by atoms with Gasteiger partial charge < -0.3 is 14.7 Å². The highest BCUT2D eigenvalue weighted by Crippen LogP contribution is 2.21. The van der Waals surface area contributed by atoms with E-state index in [1.807, 2.05) is 54.6 Å². The number of ether oxygens (including phenoxy) is 1. The van der Waals surface area contributed by atoms with Gasteiger partial charge in [-0.2, -0.15) is 5.11 Å². The molecule has 34 heavy (non-hydrogen) atoms. The van der Waals surface area contributed by atoms with E-state index in [1.54, 1.807) is 31.4 Å². The number of hydrogen-bond acceptors (Lipinski definition) is 6. The number of nitrogens with zero attached hydrogens (tertiary/aromatic N) is 3.